The first-order valence-corrected chi connectivity index (χ1v) is 11.1. The van der Waals surface area contributed by atoms with Crippen LogP contribution < -0.4 is 10.6 Å². The van der Waals surface area contributed by atoms with Gasteiger partial charge in [0.15, 0.2) is 5.82 Å². The van der Waals surface area contributed by atoms with Crippen LogP contribution in [-0.2, 0) is 9.47 Å². The minimum absolute atomic E-state index is 0.413. The maximum atomic E-state index is 9.70. The van der Waals surface area contributed by atoms with E-state index in [1.807, 2.05) is 25.1 Å². The Morgan fingerprint density at radius 3 is 2.48 bits per heavy atom. The molecule has 0 saturated carbocycles. The average molecular weight is 504 g/mol. The molecule has 2 N–H and O–H groups in total. The fourth-order valence-electron chi connectivity index (χ4n) is 2.77. The molecule has 0 radical (unpaired) electrons. The molecule has 0 saturated heterocycles. The van der Waals surface area contributed by atoms with E-state index in [0.717, 1.165) is 14.7 Å². The molecule has 0 aliphatic carbocycles. The van der Waals surface area contributed by atoms with Gasteiger partial charge in [-0.25, -0.2) is 9.97 Å². The number of nitrogens with one attached hydrogen (secondary N) is 2. The van der Waals surface area contributed by atoms with Gasteiger partial charge in [0.25, 0.3) is 0 Å². The number of methoxy groups -OCH3 is 2. The van der Waals surface area contributed by atoms with Crippen molar-refractivity contribution in [1.29, 1.82) is 5.26 Å². The summed E-state index contributed by atoms with van der Waals surface area (Å²) in [6, 6.07) is 8.09. The zero-order valence-electron chi connectivity index (χ0n) is 17.4. The van der Waals surface area contributed by atoms with Crippen molar-refractivity contribution in [3.05, 3.63) is 33.8 Å². The highest BCUT2D eigenvalue weighted by Crippen LogP contribution is 2.36. The van der Waals surface area contributed by atoms with Crippen molar-refractivity contribution < 1.29 is 9.47 Å². The molecule has 11 heteroatoms. The highest BCUT2D eigenvalue weighted by Gasteiger charge is 2.17. The predicted molar refractivity (Wildman–Crippen MR) is 126 cm³/mol. The largest absolute Gasteiger partial charge is 0.383 e. The maximum absolute atomic E-state index is 9.70. The van der Waals surface area contributed by atoms with Crippen molar-refractivity contribution in [2.24, 2.45) is 10.2 Å². The monoisotopic (exact) mass is 503 g/mol. The standard InChI is InChI=1S/C20H22BrN7O2S/c1-12-14(11-22)18(23-6-8-29-2)26-19(24-7-9-30-3)17(12)27-28-20-25-15-10-13(21)4-5-16(15)31-20/h4-5,10H,6-9H2,1-3H3,(H2,23,24,26). The van der Waals surface area contributed by atoms with Crippen molar-refractivity contribution in [3.63, 3.8) is 0 Å². The van der Waals surface area contributed by atoms with Gasteiger partial charge >= 0.3 is 0 Å². The normalized spacial score (nSPS) is 11.2. The summed E-state index contributed by atoms with van der Waals surface area (Å²) in [5.41, 5.74) is 2.42. The lowest BCUT2D eigenvalue weighted by Crippen LogP contribution is -2.14. The van der Waals surface area contributed by atoms with Crippen LogP contribution >= 0.6 is 27.3 Å². The molecule has 0 spiro atoms. The number of benzene rings is 1. The summed E-state index contributed by atoms with van der Waals surface area (Å²) in [6.07, 6.45) is 0. The number of rotatable bonds is 10. The van der Waals surface area contributed by atoms with E-state index in [0.29, 0.717) is 59.9 Å². The number of hydrogen-bond donors (Lipinski definition) is 2. The number of ether oxygens (including phenoxy) is 2. The number of nitrogens with zero attached hydrogens (tertiary/aromatic N) is 5. The van der Waals surface area contributed by atoms with Gasteiger partial charge in [-0.2, -0.15) is 5.26 Å². The molecular weight excluding hydrogens is 482 g/mol. The van der Waals surface area contributed by atoms with Gasteiger partial charge in [0.05, 0.1) is 29.0 Å². The lowest BCUT2D eigenvalue weighted by molar-refractivity contribution is 0.210. The minimum Gasteiger partial charge on any atom is -0.383 e. The summed E-state index contributed by atoms with van der Waals surface area (Å²) < 4.78 is 12.2. The van der Waals surface area contributed by atoms with Crippen molar-refractivity contribution in [1.82, 2.24) is 9.97 Å². The van der Waals surface area contributed by atoms with Gasteiger partial charge in [-0.15, -0.1) is 10.2 Å². The molecule has 2 heterocycles. The number of fused-ring (bicyclic) bond motifs is 1. The fourth-order valence-corrected chi connectivity index (χ4v) is 3.89. The van der Waals surface area contributed by atoms with Gasteiger partial charge < -0.3 is 20.1 Å². The van der Waals surface area contributed by atoms with Gasteiger partial charge in [0.1, 0.15) is 17.6 Å². The molecule has 0 amide bonds. The lowest BCUT2D eigenvalue weighted by Gasteiger charge is -2.15. The molecule has 0 fully saturated rings. The number of aromatic nitrogens is 2. The fraction of sp³-hybridized carbons (Fsp3) is 0.350. The van der Waals surface area contributed by atoms with Crippen molar-refractivity contribution in [2.75, 3.05) is 51.2 Å². The number of hydrogen-bond acceptors (Lipinski definition) is 10. The van der Waals surface area contributed by atoms with Gasteiger partial charge in [-0.05, 0) is 25.1 Å². The molecule has 2 aromatic heterocycles. The van der Waals surface area contributed by atoms with Crippen LogP contribution in [0.5, 0.6) is 0 Å². The Morgan fingerprint density at radius 2 is 1.81 bits per heavy atom. The quantitative estimate of drug-likeness (QED) is 0.289. The third-order valence-corrected chi connectivity index (χ3v) is 5.71. The Hall–Kier alpha value is -2.65. The van der Waals surface area contributed by atoms with Crippen LogP contribution in [-0.4, -0.2) is 50.5 Å². The van der Waals surface area contributed by atoms with E-state index in [1.165, 1.54) is 11.3 Å². The van der Waals surface area contributed by atoms with E-state index in [4.69, 9.17) is 9.47 Å². The smallest absolute Gasteiger partial charge is 0.231 e. The summed E-state index contributed by atoms with van der Waals surface area (Å²) >= 11 is 4.89. The Labute approximate surface area is 192 Å². The molecule has 3 aromatic rings. The molecule has 0 bridgehead atoms. The Bertz CT molecular complexity index is 1130. The van der Waals surface area contributed by atoms with Crippen LogP contribution in [0.2, 0.25) is 0 Å². The number of nitriles is 1. The van der Waals surface area contributed by atoms with E-state index in [-0.39, 0.29) is 0 Å². The SMILES string of the molecule is COCCNc1nc(NCCOC)c(N=Nc2nc3cc(Br)ccc3s2)c(C)c1C#N. The highest BCUT2D eigenvalue weighted by molar-refractivity contribution is 9.10. The van der Waals surface area contributed by atoms with Gasteiger partial charge in [-0.3, -0.25) is 0 Å². The topological polar surface area (TPSA) is 117 Å². The predicted octanol–water partition coefficient (Wildman–Crippen LogP) is 5.17. The summed E-state index contributed by atoms with van der Waals surface area (Å²) in [7, 11) is 3.25. The maximum Gasteiger partial charge on any atom is 0.231 e. The molecule has 9 nitrogen and oxygen atoms in total. The van der Waals surface area contributed by atoms with Crippen LogP contribution in [0.4, 0.5) is 22.5 Å². The number of azo groups is 1. The lowest BCUT2D eigenvalue weighted by atomic mass is 10.1. The third kappa shape index (κ3) is 5.74. The Balaban J connectivity index is 1.98. The molecule has 1 aromatic carbocycles. The molecule has 0 aliphatic heterocycles. The second-order valence-electron chi connectivity index (χ2n) is 6.42. The number of thiazole rings is 1. The first kappa shape index (κ1) is 23.0. The van der Waals surface area contributed by atoms with E-state index < -0.39 is 0 Å². The van der Waals surface area contributed by atoms with Crippen LogP contribution in [0.1, 0.15) is 11.1 Å². The van der Waals surface area contributed by atoms with Crippen LogP contribution in [0.25, 0.3) is 10.2 Å². The third-order valence-electron chi connectivity index (χ3n) is 4.30. The number of anilines is 2. The molecule has 0 atom stereocenters. The number of halogens is 1. The highest BCUT2D eigenvalue weighted by atomic mass is 79.9. The van der Waals surface area contributed by atoms with Gasteiger partial charge in [0.2, 0.25) is 5.13 Å². The van der Waals surface area contributed by atoms with Crippen LogP contribution in [0.3, 0.4) is 0 Å². The van der Waals surface area contributed by atoms with Crippen LogP contribution in [0, 0.1) is 18.3 Å². The van der Waals surface area contributed by atoms with E-state index in [9.17, 15) is 5.26 Å². The molecule has 3 rings (SSSR count). The second kappa shape index (κ2) is 11.1. The zero-order valence-corrected chi connectivity index (χ0v) is 19.8. The Kier molecular flexibility index (Phi) is 8.25. The molecule has 162 valence electrons. The van der Waals surface area contributed by atoms with Crippen molar-refractivity contribution in [2.45, 2.75) is 6.92 Å². The Morgan fingerprint density at radius 1 is 1.10 bits per heavy atom. The van der Waals surface area contributed by atoms with Crippen molar-refractivity contribution >= 4 is 59.9 Å². The van der Waals surface area contributed by atoms with E-state index in [2.05, 4.69) is 52.8 Å². The van der Waals surface area contributed by atoms with Gasteiger partial charge in [-0.1, -0.05) is 27.3 Å². The first-order chi connectivity index (χ1) is 15.1. The molecule has 0 unspecified atom stereocenters. The summed E-state index contributed by atoms with van der Waals surface area (Å²) in [4.78, 5) is 9.09. The minimum atomic E-state index is 0.413. The van der Waals surface area contributed by atoms with Gasteiger partial charge in [0, 0.05) is 37.3 Å². The van der Waals surface area contributed by atoms with Crippen LogP contribution in [0.15, 0.2) is 32.9 Å². The molecular formula is C20H22BrN7O2S. The first-order valence-electron chi connectivity index (χ1n) is 9.45. The second-order valence-corrected chi connectivity index (χ2v) is 8.34. The average Bonchev–Trinajstić information content (AvgIpc) is 3.15. The van der Waals surface area contributed by atoms with E-state index in [1.54, 1.807) is 14.2 Å². The number of pyridine rings is 1. The molecule has 31 heavy (non-hydrogen) atoms. The summed E-state index contributed by atoms with van der Waals surface area (Å²) in [6.45, 7) is 3.87. The summed E-state index contributed by atoms with van der Waals surface area (Å²) in [5, 5.41) is 25.3. The van der Waals surface area contributed by atoms with E-state index >= 15 is 0 Å². The van der Waals surface area contributed by atoms with Crippen molar-refractivity contribution in [3.8, 4) is 6.07 Å². The molecule has 0 aliphatic rings. The zero-order chi connectivity index (χ0) is 22.2. The summed E-state index contributed by atoms with van der Waals surface area (Å²) in [5.74, 6) is 0.988.